The second-order valence-corrected chi connectivity index (χ2v) is 6.81. The van der Waals surface area contributed by atoms with Gasteiger partial charge in [0.1, 0.15) is 0 Å². The molecule has 2 rings (SSSR count). The molecule has 6 heteroatoms. The predicted molar refractivity (Wildman–Crippen MR) is 78.5 cm³/mol. The Labute approximate surface area is 119 Å². The summed E-state index contributed by atoms with van der Waals surface area (Å²) in [5.74, 6) is 0. The molecule has 0 fully saturated rings. The van der Waals surface area contributed by atoms with Crippen molar-refractivity contribution >= 4 is 10.0 Å². The fourth-order valence-corrected chi connectivity index (χ4v) is 3.44. The maximum atomic E-state index is 12.3. The van der Waals surface area contributed by atoms with E-state index in [1.165, 1.54) is 16.9 Å². The van der Waals surface area contributed by atoms with Gasteiger partial charge < -0.3 is 0 Å². The zero-order valence-corrected chi connectivity index (χ0v) is 12.9. The molecule has 108 valence electrons. The van der Waals surface area contributed by atoms with Crippen LogP contribution in [0.1, 0.15) is 25.0 Å². The lowest BCUT2D eigenvalue weighted by Crippen LogP contribution is -2.31. The van der Waals surface area contributed by atoms with E-state index < -0.39 is 10.0 Å². The van der Waals surface area contributed by atoms with Gasteiger partial charge in [-0.3, -0.25) is 0 Å². The van der Waals surface area contributed by atoms with Crippen LogP contribution in [0.5, 0.6) is 0 Å². The van der Waals surface area contributed by atoms with E-state index in [2.05, 4.69) is 9.82 Å². The lowest BCUT2D eigenvalue weighted by atomic mass is 10.1. The molecular formula is C14H19N3O2S. The van der Waals surface area contributed by atoms with E-state index in [0.29, 0.717) is 0 Å². The van der Waals surface area contributed by atoms with Gasteiger partial charge in [-0.15, -0.1) is 0 Å². The SMILES string of the molecule is Cc1ccc(-n2nccc2S(=O)(=O)NC(C)C)c(C)c1. The summed E-state index contributed by atoms with van der Waals surface area (Å²) in [4.78, 5) is 0. The van der Waals surface area contributed by atoms with Crippen LogP contribution in [-0.2, 0) is 10.0 Å². The molecule has 0 amide bonds. The quantitative estimate of drug-likeness (QED) is 0.939. The number of nitrogens with zero attached hydrogens (tertiary/aromatic N) is 2. The van der Waals surface area contributed by atoms with E-state index in [0.717, 1.165) is 16.8 Å². The maximum absolute atomic E-state index is 12.3. The third-order valence-corrected chi connectivity index (χ3v) is 4.50. The first-order valence-electron chi connectivity index (χ1n) is 6.45. The molecule has 0 unspecified atom stereocenters. The van der Waals surface area contributed by atoms with Crippen molar-refractivity contribution in [3.8, 4) is 5.69 Å². The van der Waals surface area contributed by atoms with E-state index in [4.69, 9.17) is 0 Å². The fraction of sp³-hybridized carbons (Fsp3) is 0.357. The number of sulfonamides is 1. The number of rotatable bonds is 4. The van der Waals surface area contributed by atoms with Crippen molar-refractivity contribution < 1.29 is 8.42 Å². The van der Waals surface area contributed by atoms with Gasteiger partial charge in [0.2, 0.25) is 0 Å². The Balaban J connectivity index is 2.54. The molecule has 1 N–H and O–H groups in total. The Kier molecular flexibility index (Phi) is 3.96. The van der Waals surface area contributed by atoms with E-state index in [9.17, 15) is 8.42 Å². The summed E-state index contributed by atoms with van der Waals surface area (Å²) in [6.45, 7) is 7.51. The number of hydrogen-bond acceptors (Lipinski definition) is 3. The zero-order chi connectivity index (χ0) is 14.9. The van der Waals surface area contributed by atoms with Crippen LogP contribution in [-0.4, -0.2) is 24.2 Å². The minimum Gasteiger partial charge on any atom is -0.220 e. The Morgan fingerprint density at radius 2 is 1.90 bits per heavy atom. The van der Waals surface area contributed by atoms with Crippen LogP contribution < -0.4 is 4.72 Å². The second kappa shape index (κ2) is 5.38. The number of aryl methyl sites for hydroxylation is 2. The van der Waals surface area contributed by atoms with Gasteiger partial charge in [0, 0.05) is 6.04 Å². The van der Waals surface area contributed by atoms with Crippen LogP contribution in [0.2, 0.25) is 0 Å². The highest BCUT2D eigenvalue weighted by Crippen LogP contribution is 2.19. The number of benzene rings is 1. The van der Waals surface area contributed by atoms with Crippen molar-refractivity contribution in [3.05, 3.63) is 41.6 Å². The Morgan fingerprint density at radius 3 is 2.50 bits per heavy atom. The molecule has 0 spiro atoms. The summed E-state index contributed by atoms with van der Waals surface area (Å²) in [5.41, 5.74) is 2.88. The Bertz CT molecular complexity index is 718. The third kappa shape index (κ3) is 2.91. The van der Waals surface area contributed by atoms with Crippen molar-refractivity contribution in [2.24, 2.45) is 0 Å². The third-order valence-electron chi connectivity index (χ3n) is 2.85. The molecule has 0 saturated carbocycles. The molecule has 20 heavy (non-hydrogen) atoms. The zero-order valence-electron chi connectivity index (χ0n) is 12.1. The van der Waals surface area contributed by atoms with Gasteiger partial charge in [0.15, 0.2) is 5.03 Å². The van der Waals surface area contributed by atoms with E-state index in [1.807, 2.05) is 32.0 Å². The molecule has 0 radical (unpaired) electrons. The van der Waals surface area contributed by atoms with Crippen molar-refractivity contribution in [1.82, 2.24) is 14.5 Å². The standard InChI is InChI=1S/C14H19N3O2S/c1-10(2)16-20(18,19)14-7-8-15-17(14)13-6-5-11(3)9-12(13)4/h5-10,16H,1-4H3. The van der Waals surface area contributed by atoms with Crippen molar-refractivity contribution in [2.75, 3.05) is 0 Å². The average Bonchev–Trinajstić information content (AvgIpc) is 2.76. The van der Waals surface area contributed by atoms with E-state index in [1.54, 1.807) is 13.8 Å². The Hall–Kier alpha value is -1.66. The molecule has 0 atom stereocenters. The maximum Gasteiger partial charge on any atom is 0.258 e. The van der Waals surface area contributed by atoms with Crippen LogP contribution in [0.25, 0.3) is 5.69 Å². The van der Waals surface area contributed by atoms with Crippen LogP contribution in [0.15, 0.2) is 35.5 Å². The number of aromatic nitrogens is 2. The molecule has 0 aliphatic carbocycles. The highest BCUT2D eigenvalue weighted by molar-refractivity contribution is 7.89. The lowest BCUT2D eigenvalue weighted by molar-refractivity contribution is 0.560. The molecule has 0 saturated heterocycles. The van der Waals surface area contributed by atoms with Crippen LogP contribution in [0.3, 0.4) is 0 Å². The predicted octanol–water partition coefficient (Wildman–Crippen LogP) is 2.18. The highest BCUT2D eigenvalue weighted by Gasteiger charge is 2.21. The molecule has 0 aliphatic rings. The first-order chi connectivity index (χ1) is 9.31. The van der Waals surface area contributed by atoms with Gasteiger partial charge in [-0.05, 0) is 45.4 Å². The first-order valence-corrected chi connectivity index (χ1v) is 7.93. The van der Waals surface area contributed by atoms with Crippen molar-refractivity contribution in [3.63, 3.8) is 0 Å². The summed E-state index contributed by atoms with van der Waals surface area (Å²) < 4.78 is 28.6. The van der Waals surface area contributed by atoms with Crippen LogP contribution >= 0.6 is 0 Å². The topological polar surface area (TPSA) is 64.0 Å². The molecule has 2 aromatic rings. The van der Waals surface area contributed by atoms with Gasteiger partial charge >= 0.3 is 0 Å². The molecular weight excluding hydrogens is 274 g/mol. The van der Waals surface area contributed by atoms with E-state index >= 15 is 0 Å². The van der Waals surface area contributed by atoms with Crippen LogP contribution in [0.4, 0.5) is 0 Å². The molecule has 0 bridgehead atoms. The Morgan fingerprint density at radius 1 is 1.20 bits per heavy atom. The van der Waals surface area contributed by atoms with Crippen molar-refractivity contribution in [1.29, 1.82) is 0 Å². The summed E-state index contributed by atoms with van der Waals surface area (Å²) in [5, 5.41) is 4.30. The average molecular weight is 293 g/mol. The van der Waals surface area contributed by atoms with Crippen LogP contribution in [0, 0.1) is 13.8 Å². The highest BCUT2D eigenvalue weighted by atomic mass is 32.2. The summed E-state index contributed by atoms with van der Waals surface area (Å²) >= 11 is 0. The number of hydrogen-bond donors (Lipinski definition) is 1. The van der Waals surface area contributed by atoms with Gasteiger partial charge in [0.05, 0.1) is 11.9 Å². The van der Waals surface area contributed by atoms with Gasteiger partial charge in [-0.25, -0.2) is 17.8 Å². The molecule has 1 aromatic heterocycles. The van der Waals surface area contributed by atoms with Gasteiger partial charge in [-0.2, -0.15) is 5.10 Å². The largest absolute Gasteiger partial charge is 0.258 e. The lowest BCUT2D eigenvalue weighted by Gasteiger charge is -2.13. The van der Waals surface area contributed by atoms with E-state index in [-0.39, 0.29) is 11.1 Å². The first kappa shape index (κ1) is 14.7. The minimum absolute atomic E-state index is 0.151. The molecule has 5 nitrogen and oxygen atoms in total. The second-order valence-electron chi connectivity index (χ2n) is 5.15. The number of nitrogens with one attached hydrogen (secondary N) is 1. The molecule has 0 aliphatic heterocycles. The summed E-state index contributed by atoms with van der Waals surface area (Å²) in [7, 11) is -3.57. The molecule has 1 aromatic carbocycles. The normalized spacial score (nSPS) is 12.1. The molecule has 1 heterocycles. The van der Waals surface area contributed by atoms with Gasteiger partial charge in [-0.1, -0.05) is 17.7 Å². The van der Waals surface area contributed by atoms with Crippen molar-refractivity contribution in [2.45, 2.75) is 38.8 Å². The summed E-state index contributed by atoms with van der Waals surface area (Å²) in [6.07, 6.45) is 1.49. The monoisotopic (exact) mass is 293 g/mol. The minimum atomic E-state index is -3.57. The van der Waals surface area contributed by atoms with Gasteiger partial charge in [0.25, 0.3) is 10.0 Å². The summed E-state index contributed by atoms with van der Waals surface area (Å²) in [6, 6.07) is 7.16. The smallest absolute Gasteiger partial charge is 0.220 e. The fourth-order valence-electron chi connectivity index (χ4n) is 2.09.